The molecule has 1 aromatic heterocycles. The van der Waals surface area contributed by atoms with Crippen LogP contribution in [-0.2, 0) is 0 Å². The van der Waals surface area contributed by atoms with Crippen LogP contribution in [0.5, 0.6) is 0 Å². The highest BCUT2D eigenvalue weighted by Crippen LogP contribution is 2.34. The fraction of sp³-hybridized carbons (Fsp3) is 0.542. The van der Waals surface area contributed by atoms with E-state index < -0.39 is 0 Å². The predicted molar refractivity (Wildman–Crippen MR) is 122 cm³/mol. The Bertz CT molecular complexity index is 919. The zero-order valence-corrected chi connectivity index (χ0v) is 18.3. The maximum atomic E-state index is 13.0. The number of rotatable bonds is 3. The fourth-order valence-electron chi connectivity index (χ4n) is 4.98. The molecule has 0 saturated carbocycles. The summed E-state index contributed by atoms with van der Waals surface area (Å²) >= 11 is 0. The van der Waals surface area contributed by atoms with Crippen molar-refractivity contribution in [2.75, 3.05) is 40.3 Å². The van der Waals surface area contributed by atoms with Gasteiger partial charge in [-0.3, -0.25) is 9.98 Å². The van der Waals surface area contributed by atoms with Gasteiger partial charge in [0, 0.05) is 55.5 Å². The minimum absolute atomic E-state index is 0.0956. The number of likely N-dealkylation sites (tertiary alicyclic amines) is 2. The zero-order valence-electron chi connectivity index (χ0n) is 18.3. The maximum absolute atomic E-state index is 13.0. The van der Waals surface area contributed by atoms with Gasteiger partial charge in [0.15, 0.2) is 0 Å². The third kappa shape index (κ3) is 4.48. The van der Waals surface area contributed by atoms with E-state index in [0.717, 1.165) is 56.5 Å². The molecule has 0 radical (unpaired) electrons. The molecule has 160 valence electrons. The third-order valence-electron chi connectivity index (χ3n) is 6.54. The van der Waals surface area contributed by atoms with E-state index in [9.17, 15) is 4.79 Å². The van der Waals surface area contributed by atoms with Crippen LogP contribution >= 0.6 is 0 Å². The number of aliphatic imine (C=N–C) groups is 1. The molecule has 0 unspecified atom stereocenters. The normalized spacial score (nSPS) is 23.9. The number of aromatic nitrogens is 1. The van der Waals surface area contributed by atoms with E-state index >= 15 is 0 Å². The van der Waals surface area contributed by atoms with E-state index in [4.69, 9.17) is 0 Å². The van der Waals surface area contributed by atoms with Crippen molar-refractivity contribution in [2.45, 2.75) is 38.1 Å². The largest absolute Gasteiger partial charge is 0.335 e. The van der Waals surface area contributed by atoms with Crippen LogP contribution in [0, 0.1) is 5.92 Å². The van der Waals surface area contributed by atoms with Crippen molar-refractivity contribution in [1.29, 1.82) is 0 Å². The number of piperidine rings is 2. The average molecular weight is 408 g/mol. The molecule has 2 aliphatic rings. The molecular weight excluding hydrogens is 374 g/mol. The summed E-state index contributed by atoms with van der Waals surface area (Å²) in [5.41, 5.74) is 3.31. The molecule has 2 aromatic rings. The Labute approximate surface area is 179 Å². The minimum Gasteiger partial charge on any atom is -0.335 e. The van der Waals surface area contributed by atoms with Gasteiger partial charge in [-0.05, 0) is 56.9 Å². The quantitative estimate of drug-likeness (QED) is 0.792. The zero-order chi connectivity index (χ0) is 21.1. The van der Waals surface area contributed by atoms with Crippen LogP contribution in [0.1, 0.15) is 43.2 Å². The van der Waals surface area contributed by atoms with Gasteiger partial charge in [0.1, 0.15) is 0 Å². The van der Waals surface area contributed by atoms with Gasteiger partial charge >= 0.3 is 6.03 Å². The summed E-state index contributed by atoms with van der Waals surface area (Å²) in [7, 11) is 3.93. The second-order valence-electron chi connectivity index (χ2n) is 9.00. The number of amides is 2. The lowest BCUT2D eigenvalue weighted by Gasteiger charge is -2.38. The third-order valence-corrected chi connectivity index (χ3v) is 6.54. The number of carbonyl (C=O) groups excluding carboxylic acids is 1. The molecule has 6 heteroatoms. The van der Waals surface area contributed by atoms with Crippen LogP contribution in [0.25, 0.3) is 10.9 Å². The number of fused-ring (bicyclic) bond motifs is 1. The highest BCUT2D eigenvalue weighted by Gasteiger charge is 2.31. The molecule has 1 N–H and O–H groups in total. The van der Waals surface area contributed by atoms with Gasteiger partial charge in [0.2, 0.25) is 0 Å². The maximum Gasteiger partial charge on any atom is 0.317 e. The number of nitrogens with one attached hydrogen (secondary N) is 1. The Hall–Kier alpha value is -2.47. The van der Waals surface area contributed by atoms with Gasteiger partial charge in [-0.15, -0.1) is 0 Å². The lowest BCUT2D eigenvalue weighted by Crippen LogP contribution is -2.52. The van der Waals surface area contributed by atoms with Crippen molar-refractivity contribution in [2.24, 2.45) is 10.9 Å². The second-order valence-corrected chi connectivity index (χ2v) is 9.00. The van der Waals surface area contributed by atoms with Gasteiger partial charge in [0.25, 0.3) is 0 Å². The van der Waals surface area contributed by atoms with E-state index in [-0.39, 0.29) is 6.03 Å². The monoisotopic (exact) mass is 407 g/mol. The molecule has 4 rings (SSSR count). The number of urea groups is 1. The molecule has 0 bridgehead atoms. The smallest absolute Gasteiger partial charge is 0.317 e. The molecule has 30 heavy (non-hydrogen) atoms. The van der Waals surface area contributed by atoms with Crippen molar-refractivity contribution in [3.05, 3.63) is 41.6 Å². The SMILES string of the molecule is C/N=C\c1ccc([C@H]2C[C@@H](C)CN(C(=O)NC3CCN(C)CC3)C2)c2cccnc12. The molecule has 1 aromatic carbocycles. The highest BCUT2D eigenvalue weighted by molar-refractivity contribution is 5.99. The summed E-state index contributed by atoms with van der Waals surface area (Å²) in [6.45, 7) is 5.94. The Morgan fingerprint density at radius 2 is 2.03 bits per heavy atom. The number of pyridine rings is 1. The minimum atomic E-state index is 0.0956. The summed E-state index contributed by atoms with van der Waals surface area (Å²) in [5, 5.41) is 4.47. The van der Waals surface area contributed by atoms with Gasteiger partial charge in [-0.25, -0.2) is 4.79 Å². The van der Waals surface area contributed by atoms with Gasteiger partial charge in [-0.1, -0.05) is 25.1 Å². The molecule has 0 spiro atoms. The number of hydrogen-bond acceptors (Lipinski definition) is 4. The summed E-state index contributed by atoms with van der Waals surface area (Å²) in [4.78, 5) is 26.2. The van der Waals surface area contributed by atoms with Gasteiger partial charge < -0.3 is 15.1 Å². The molecule has 2 aliphatic heterocycles. The highest BCUT2D eigenvalue weighted by atomic mass is 16.2. The molecule has 3 heterocycles. The Morgan fingerprint density at radius 3 is 2.80 bits per heavy atom. The molecule has 2 fully saturated rings. The number of nitrogens with zero attached hydrogens (tertiary/aromatic N) is 4. The van der Waals surface area contributed by atoms with Gasteiger partial charge in [-0.2, -0.15) is 0 Å². The van der Waals surface area contributed by atoms with Crippen molar-refractivity contribution in [3.63, 3.8) is 0 Å². The number of carbonyl (C=O) groups is 1. The molecule has 2 saturated heterocycles. The molecule has 6 nitrogen and oxygen atoms in total. The summed E-state index contributed by atoms with van der Waals surface area (Å²) in [5.74, 6) is 0.784. The standard InChI is InChI=1S/C24H33N5O/c1-17-13-19(16-29(15-17)24(30)27-20-8-11-28(3)12-9-20)21-7-6-18(14-25-2)23-22(21)5-4-10-26-23/h4-7,10,14,17,19-20H,8-9,11-13,15-16H2,1-3H3,(H,27,30)/b25-14-/t17-,19+/m1/s1. The van der Waals surface area contributed by atoms with E-state index in [1.165, 1.54) is 10.9 Å². The lowest BCUT2D eigenvalue weighted by atomic mass is 9.83. The first-order valence-electron chi connectivity index (χ1n) is 11.1. The molecular formula is C24H33N5O. The fourth-order valence-corrected chi connectivity index (χ4v) is 4.98. The first-order valence-corrected chi connectivity index (χ1v) is 11.1. The summed E-state index contributed by atoms with van der Waals surface area (Å²) in [6, 6.07) is 8.85. The number of benzene rings is 1. The van der Waals surface area contributed by atoms with Crippen molar-refractivity contribution in [1.82, 2.24) is 20.1 Å². The van der Waals surface area contributed by atoms with Gasteiger partial charge in [0.05, 0.1) is 5.52 Å². The number of hydrogen-bond donors (Lipinski definition) is 1. The van der Waals surface area contributed by atoms with E-state index in [0.29, 0.717) is 17.9 Å². The summed E-state index contributed by atoms with van der Waals surface area (Å²) in [6.07, 6.45) is 6.86. The van der Waals surface area contributed by atoms with E-state index in [2.05, 4.69) is 52.4 Å². The van der Waals surface area contributed by atoms with Crippen LogP contribution in [-0.4, -0.2) is 73.3 Å². The van der Waals surface area contributed by atoms with E-state index in [1.807, 2.05) is 23.4 Å². The average Bonchev–Trinajstić information content (AvgIpc) is 2.75. The van der Waals surface area contributed by atoms with Crippen LogP contribution in [0.3, 0.4) is 0 Å². The molecule has 2 atom stereocenters. The Morgan fingerprint density at radius 1 is 1.23 bits per heavy atom. The van der Waals surface area contributed by atoms with Crippen LogP contribution in [0.2, 0.25) is 0 Å². The Kier molecular flexibility index (Phi) is 6.32. The second kappa shape index (κ2) is 9.13. The van der Waals surface area contributed by atoms with Crippen molar-refractivity contribution >= 4 is 23.1 Å². The topological polar surface area (TPSA) is 60.8 Å². The Balaban J connectivity index is 1.54. The predicted octanol–water partition coefficient (Wildman–Crippen LogP) is 3.51. The van der Waals surface area contributed by atoms with Crippen molar-refractivity contribution in [3.8, 4) is 0 Å². The molecule has 0 aliphatic carbocycles. The van der Waals surface area contributed by atoms with Crippen LogP contribution in [0.4, 0.5) is 4.79 Å². The van der Waals surface area contributed by atoms with E-state index in [1.54, 1.807) is 7.05 Å². The first-order chi connectivity index (χ1) is 14.5. The first kappa shape index (κ1) is 20.8. The molecule has 2 amide bonds. The van der Waals surface area contributed by atoms with Crippen LogP contribution < -0.4 is 5.32 Å². The van der Waals surface area contributed by atoms with Crippen molar-refractivity contribution < 1.29 is 4.79 Å². The lowest BCUT2D eigenvalue weighted by molar-refractivity contribution is 0.150. The summed E-state index contributed by atoms with van der Waals surface area (Å²) < 4.78 is 0. The van der Waals surface area contributed by atoms with Crippen LogP contribution in [0.15, 0.2) is 35.5 Å².